The summed E-state index contributed by atoms with van der Waals surface area (Å²) in [5, 5.41) is 0. The van der Waals surface area contributed by atoms with Crippen molar-refractivity contribution in [2.75, 3.05) is 7.05 Å². The van der Waals surface area contributed by atoms with Crippen LogP contribution in [0.2, 0.25) is 0 Å². The molecule has 2 aromatic rings. The Morgan fingerprint density at radius 1 is 1.25 bits per heavy atom. The van der Waals surface area contributed by atoms with Crippen molar-refractivity contribution in [3.05, 3.63) is 50.1 Å². The molecule has 6 heteroatoms. The molecule has 20 heavy (non-hydrogen) atoms. The van der Waals surface area contributed by atoms with Crippen LogP contribution in [0.4, 0.5) is 0 Å². The molecule has 1 aromatic carbocycles. The Bertz CT molecular complexity index is 723. The molecule has 0 aliphatic carbocycles. The van der Waals surface area contributed by atoms with Crippen molar-refractivity contribution in [2.45, 2.75) is 25.3 Å². The minimum Gasteiger partial charge on any atom is -0.207 e. The van der Waals surface area contributed by atoms with Crippen LogP contribution in [0.15, 0.2) is 39.0 Å². The molecule has 0 bridgehead atoms. The van der Waals surface area contributed by atoms with E-state index in [0.29, 0.717) is 11.4 Å². The minimum absolute atomic E-state index is 0.377. The molecule has 0 atom stereocenters. The average Bonchev–Trinajstić information content (AvgIpc) is 2.72. The number of hydrogen-bond donors (Lipinski definition) is 0. The van der Waals surface area contributed by atoms with E-state index in [0.717, 1.165) is 19.8 Å². The molecule has 0 saturated heterocycles. The van der Waals surface area contributed by atoms with Crippen LogP contribution in [0, 0.1) is 13.8 Å². The summed E-state index contributed by atoms with van der Waals surface area (Å²) in [6.45, 7) is 4.19. The summed E-state index contributed by atoms with van der Waals surface area (Å²) in [4.78, 5) is 1.18. The molecule has 0 unspecified atom stereocenters. The smallest absolute Gasteiger partial charge is 0.207 e. The third kappa shape index (κ3) is 3.14. The zero-order valence-electron chi connectivity index (χ0n) is 11.6. The van der Waals surface area contributed by atoms with E-state index in [9.17, 15) is 8.42 Å². The van der Waals surface area contributed by atoms with Gasteiger partial charge in [-0.1, -0.05) is 24.3 Å². The van der Waals surface area contributed by atoms with Gasteiger partial charge in [-0.2, -0.15) is 4.31 Å². The summed E-state index contributed by atoms with van der Waals surface area (Å²) >= 11 is 4.77. The second-order valence-corrected chi connectivity index (χ2v) is 9.31. The van der Waals surface area contributed by atoms with Gasteiger partial charge in [0.25, 0.3) is 0 Å². The SMILES string of the molecule is Cc1ccccc1CN(C)S(=O)(=O)c1cc(Br)sc1C. The van der Waals surface area contributed by atoms with Crippen LogP contribution in [0.3, 0.4) is 0 Å². The number of sulfonamides is 1. The van der Waals surface area contributed by atoms with Crippen LogP contribution < -0.4 is 0 Å². The number of thiophene rings is 1. The molecule has 2 rings (SSSR count). The zero-order chi connectivity index (χ0) is 14.9. The second kappa shape index (κ2) is 5.97. The van der Waals surface area contributed by atoms with Gasteiger partial charge in [0.2, 0.25) is 10.0 Å². The summed E-state index contributed by atoms with van der Waals surface area (Å²) in [5.74, 6) is 0. The van der Waals surface area contributed by atoms with E-state index >= 15 is 0 Å². The van der Waals surface area contributed by atoms with Crippen molar-refractivity contribution in [2.24, 2.45) is 0 Å². The van der Waals surface area contributed by atoms with Gasteiger partial charge < -0.3 is 0 Å². The van der Waals surface area contributed by atoms with Gasteiger partial charge in [0.1, 0.15) is 0 Å². The normalized spacial score (nSPS) is 12.1. The van der Waals surface area contributed by atoms with Gasteiger partial charge in [0.15, 0.2) is 0 Å². The molecule has 0 N–H and O–H groups in total. The van der Waals surface area contributed by atoms with Gasteiger partial charge in [-0.05, 0) is 47.0 Å². The summed E-state index contributed by atoms with van der Waals surface area (Å²) in [6, 6.07) is 9.49. The standard InChI is InChI=1S/C14H16BrNO2S2/c1-10-6-4-5-7-12(10)9-16(3)20(17,18)13-8-14(15)19-11(13)2/h4-8H,9H2,1-3H3. The minimum atomic E-state index is -3.45. The lowest BCUT2D eigenvalue weighted by molar-refractivity contribution is 0.466. The predicted octanol–water partition coefficient (Wildman–Crippen LogP) is 3.95. The molecule has 3 nitrogen and oxygen atoms in total. The lowest BCUT2D eigenvalue weighted by Crippen LogP contribution is -2.26. The maximum absolute atomic E-state index is 12.6. The molecule has 0 spiro atoms. The van der Waals surface area contributed by atoms with E-state index < -0.39 is 10.0 Å². The fraction of sp³-hybridized carbons (Fsp3) is 0.286. The molecule has 0 saturated carbocycles. The maximum Gasteiger partial charge on any atom is 0.244 e. The Morgan fingerprint density at radius 2 is 1.90 bits per heavy atom. The first-order valence-electron chi connectivity index (χ1n) is 6.09. The van der Waals surface area contributed by atoms with Gasteiger partial charge in [0, 0.05) is 18.5 Å². The molecule has 0 amide bonds. The number of halogens is 1. The molecule has 0 aliphatic heterocycles. The Kier molecular flexibility index (Phi) is 4.69. The van der Waals surface area contributed by atoms with Gasteiger partial charge in [0.05, 0.1) is 8.68 Å². The van der Waals surface area contributed by atoms with Crippen LogP contribution in [0.25, 0.3) is 0 Å². The van der Waals surface area contributed by atoms with E-state index in [1.165, 1.54) is 15.6 Å². The molecule has 0 aliphatic rings. The largest absolute Gasteiger partial charge is 0.244 e. The van der Waals surface area contributed by atoms with Crippen molar-refractivity contribution >= 4 is 37.3 Å². The molecule has 0 radical (unpaired) electrons. The van der Waals surface area contributed by atoms with Gasteiger partial charge in [-0.25, -0.2) is 8.42 Å². The highest BCUT2D eigenvalue weighted by molar-refractivity contribution is 9.11. The predicted molar refractivity (Wildman–Crippen MR) is 86.6 cm³/mol. The van der Waals surface area contributed by atoms with Crippen LogP contribution in [0.5, 0.6) is 0 Å². The van der Waals surface area contributed by atoms with Crippen LogP contribution in [0.1, 0.15) is 16.0 Å². The zero-order valence-corrected chi connectivity index (χ0v) is 14.8. The topological polar surface area (TPSA) is 37.4 Å². The second-order valence-electron chi connectivity index (χ2n) is 4.66. The van der Waals surface area contributed by atoms with Crippen molar-refractivity contribution in [3.63, 3.8) is 0 Å². The van der Waals surface area contributed by atoms with Crippen LogP contribution in [-0.2, 0) is 16.6 Å². The number of nitrogens with zero attached hydrogens (tertiary/aromatic N) is 1. The lowest BCUT2D eigenvalue weighted by Gasteiger charge is -2.18. The van der Waals surface area contributed by atoms with E-state index in [-0.39, 0.29) is 0 Å². The number of hydrogen-bond acceptors (Lipinski definition) is 3. The van der Waals surface area contributed by atoms with Crippen molar-refractivity contribution < 1.29 is 8.42 Å². The summed E-state index contributed by atoms with van der Waals surface area (Å²) < 4.78 is 27.4. The van der Waals surface area contributed by atoms with E-state index in [1.54, 1.807) is 13.1 Å². The number of aryl methyl sites for hydroxylation is 2. The highest BCUT2D eigenvalue weighted by Gasteiger charge is 2.25. The van der Waals surface area contributed by atoms with Crippen LogP contribution >= 0.6 is 27.3 Å². The number of benzene rings is 1. The van der Waals surface area contributed by atoms with Gasteiger partial charge in [-0.15, -0.1) is 11.3 Å². The van der Waals surface area contributed by atoms with Crippen LogP contribution in [-0.4, -0.2) is 19.8 Å². The van der Waals surface area contributed by atoms with Crippen molar-refractivity contribution in [1.82, 2.24) is 4.31 Å². The third-order valence-electron chi connectivity index (χ3n) is 3.18. The Hall–Kier alpha value is -0.690. The fourth-order valence-electron chi connectivity index (χ4n) is 1.97. The monoisotopic (exact) mass is 373 g/mol. The highest BCUT2D eigenvalue weighted by Crippen LogP contribution is 2.31. The summed E-state index contributed by atoms with van der Waals surface area (Å²) in [5.41, 5.74) is 2.11. The summed E-state index contributed by atoms with van der Waals surface area (Å²) in [6.07, 6.45) is 0. The quantitative estimate of drug-likeness (QED) is 0.813. The Morgan fingerprint density at radius 3 is 2.45 bits per heavy atom. The number of rotatable bonds is 4. The first kappa shape index (κ1) is 15.7. The van der Waals surface area contributed by atoms with Crippen molar-refractivity contribution in [3.8, 4) is 0 Å². The van der Waals surface area contributed by atoms with Gasteiger partial charge in [-0.3, -0.25) is 0 Å². The molecule has 108 valence electrons. The molecular formula is C14H16BrNO2S2. The summed E-state index contributed by atoms with van der Waals surface area (Å²) in [7, 11) is -1.83. The van der Waals surface area contributed by atoms with E-state index in [1.807, 2.05) is 38.1 Å². The molecule has 1 aromatic heterocycles. The highest BCUT2D eigenvalue weighted by atomic mass is 79.9. The van der Waals surface area contributed by atoms with Crippen molar-refractivity contribution in [1.29, 1.82) is 0 Å². The van der Waals surface area contributed by atoms with Gasteiger partial charge >= 0.3 is 0 Å². The first-order chi connectivity index (χ1) is 9.32. The molecular weight excluding hydrogens is 358 g/mol. The van der Waals surface area contributed by atoms with E-state index in [2.05, 4.69) is 15.9 Å². The fourth-order valence-corrected chi connectivity index (χ4v) is 5.50. The Balaban J connectivity index is 2.31. The average molecular weight is 374 g/mol. The molecule has 0 fully saturated rings. The lowest BCUT2D eigenvalue weighted by atomic mass is 10.1. The third-order valence-corrected chi connectivity index (χ3v) is 6.80. The maximum atomic E-state index is 12.6. The Labute approximate surface area is 132 Å². The molecule has 1 heterocycles. The van der Waals surface area contributed by atoms with E-state index in [4.69, 9.17) is 0 Å². The first-order valence-corrected chi connectivity index (χ1v) is 9.14.